The average Bonchev–Trinajstić information content (AvgIpc) is 3.70. The van der Waals surface area contributed by atoms with Crippen LogP contribution in [0.25, 0.3) is 16.1 Å². The topological polar surface area (TPSA) is 74.9 Å². The van der Waals surface area contributed by atoms with Crippen LogP contribution in [0.4, 0.5) is 0 Å². The zero-order valence-electron chi connectivity index (χ0n) is 23.1. The van der Waals surface area contributed by atoms with E-state index < -0.39 is 0 Å². The van der Waals surface area contributed by atoms with Crippen molar-refractivity contribution in [2.45, 2.75) is 24.7 Å². The van der Waals surface area contributed by atoms with Crippen LogP contribution in [0.15, 0.2) is 117 Å². The van der Waals surface area contributed by atoms with E-state index in [1.54, 1.807) is 0 Å². The molecule has 10 rings (SSSR count). The molecule has 0 N–H and O–H groups in total. The first-order chi connectivity index (χ1) is 20.7. The van der Waals surface area contributed by atoms with E-state index in [2.05, 4.69) is 118 Å². The fourth-order valence-electron chi connectivity index (χ4n) is 7.34. The number of hydrogen-bond acceptors (Lipinski definition) is 6. The molecule has 0 saturated heterocycles. The van der Waals surface area contributed by atoms with Gasteiger partial charge >= 0.3 is 17.1 Å². The van der Waals surface area contributed by atoms with Crippen LogP contribution >= 0.6 is 0 Å². The number of rotatable bonds is 0. The van der Waals surface area contributed by atoms with E-state index in [1.165, 1.54) is 0 Å². The number of hydrogen-bond donors (Lipinski definition) is 0. The Bertz CT molecular complexity index is 2030. The third-order valence-electron chi connectivity index (χ3n) is 9.26. The van der Waals surface area contributed by atoms with Gasteiger partial charge in [-0.3, -0.25) is 9.98 Å². The molecule has 0 aliphatic carbocycles. The first kappa shape index (κ1) is 25.0. The van der Waals surface area contributed by atoms with Crippen molar-refractivity contribution in [3.05, 3.63) is 147 Å². The second-order valence-electron chi connectivity index (χ2n) is 11.4. The van der Waals surface area contributed by atoms with Gasteiger partial charge < -0.3 is 19.7 Å². The second kappa shape index (κ2) is 8.97. The summed E-state index contributed by atoms with van der Waals surface area (Å²) in [5.74, 6) is 1.83. The van der Waals surface area contributed by atoms with Crippen molar-refractivity contribution in [1.82, 2.24) is 14.4 Å². The van der Waals surface area contributed by atoms with E-state index in [9.17, 15) is 0 Å². The maximum atomic E-state index is 5.50. The first-order valence-electron chi connectivity index (χ1n) is 14.4. The first-order valence-corrected chi connectivity index (χ1v) is 14.4. The van der Waals surface area contributed by atoms with Crippen LogP contribution in [-0.2, 0) is 24.1 Å². The van der Waals surface area contributed by atoms with Crippen molar-refractivity contribution in [2.75, 3.05) is 6.67 Å². The minimum absolute atomic E-state index is 0. The molecular formula is C34H25CuN8. The molecule has 5 aromatic rings. The molecular weight excluding hydrogens is 584 g/mol. The zero-order chi connectivity index (χ0) is 27.5. The van der Waals surface area contributed by atoms with E-state index in [1.807, 2.05) is 0 Å². The van der Waals surface area contributed by atoms with Crippen molar-refractivity contribution in [3.63, 3.8) is 0 Å². The molecule has 4 aromatic carbocycles. The molecule has 6 heterocycles. The van der Waals surface area contributed by atoms with Crippen molar-refractivity contribution in [1.29, 1.82) is 0 Å². The van der Waals surface area contributed by atoms with Gasteiger partial charge in [-0.25, -0.2) is 9.98 Å². The molecule has 0 fully saturated rings. The number of aliphatic imine (C=N–C) groups is 2. The molecule has 8 nitrogen and oxygen atoms in total. The summed E-state index contributed by atoms with van der Waals surface area (Å²) in [6, 6.07) is 34.0. The Labute approximate surface area is 258 Å². The zero-order valence-corrected chi connectivity index (χ0v) is 24.1. The molecule has 0 saturated carbocycles. The Kier molecular flexibility index (Phi) is 5.21. The minimum atomic E-state index is -0.334. The molecule has 43 heavy (non-hydrogen) atoms. The number of nitrogens with zero attached hydrogens (tertiary/aromatic N) is 8. The van der Waals surface area contributed by atoms with Crippen LogP contribution in [-0.4, -0.2) is 32.7 Å². The monoisotopic (exact) mass is 608 g/mol. The van der Waals surface area contributed by atoms with Crippen LogP contribution in [0.5, 0.6) is 0 Å². The van der Waals surface area contributed by atoms with Crippen molar-refractivity contribution in [3.8, 4) is 0 Å². The van der Waals surface area contributed by atoms with E-state index in [0.717, 1.165) is 66.8 Å². The molecule has 1 aromatic heterocycles. The Morgan fingerprint density at radius 1 is 0.558 bits per heavy atom. The average molecular weight is 609 g/mol. The van der Waals surface area contributed by atoms with Gasteiger partial charge in [-0.1, -0.05) is 97.1 Å². The summed E-state index contributed by atoms with van der Waals surface area (Å²) in [4.78, 5) is 26.5. The van der Waals surface area contributed by atoms with Gasteiger partial charge in [0.05, 0.1) is 6.67 Å². The van der Waals surface area contributed by atoms with E-state index in [4.69, 9.17) is 25.3 Å². The molecule has 5 aliphatic heterocycles. The van der Waals surface area contributed by atoms with Gasteiger partial charge in [0.2, 0.25) is 0 Å². The number of benzene rings is 4. The molecule has 0 radical (unpaired) electrons. The Hall–Kier alpha value is -4.56. The van der Waals surface area contributed by atoms with Gasteiger partial charge in [0, 0.05) is 40.1 Å². The standard InChI is InChI=1S/C34H25N8.Cu/c1-40-29-21-12-4-5-13-22(21)30(40)39-34-26-17-9-7-15-24(26)32-37-28-20-11-3-2-10-19(20)27(35-28)36-31-23-14-6-8-16-25(23)33(38-29)41(31)18-42(32)34;/h2-17,27-28,33-34H,18H2,1H3;/q-1;+1/b36-31-,37-32-,38-29-,39-30-;. The summed E-state index contributed by atoms with van der Waals surface area (Å²) < 4.78 is 2.16. The molecule has 212 valence electrons. The van der Waals surface area contributed by atoms with Crippen LogP contribution in [0.1, 0.15) is 58.0 Å². The SMILES string of the molecule is Cn1/c2c3ccccc3/c1=N/C1c3ccccc3/C3=N/C4[N-]C(/N=C5/c6ccccc6C(/N=2)N5CN31)c1ccccc14.[Cu+]. The fraction of sp³-hybridized carbons (Fsp3) is 0.176. The molecule has 5 aliphatic rings. The summed E-state index contributed by atoms with van der Waals surface area (Å²) in [7, 11) is 2.08. The molecule has 0 spiro atoms. The third kappa shape index (κ3) is 3.30. The number of fused-ring (bicyclic) bond motifs is 16. The van der Waals surface area contributed by atoms with E-state index >= 15 is 0 Å². The summed E-state index contributed by atoms with van der Waals surface area (Å²) in [5, 5.41) is 7.40. The molecule has 6 bridgehead atoms. The van der Waals surface area contributed by atoms with Crippen LogP contribution in [0.3, 0.4) is 0 Å². The third-order valence-corrected chi connectivity index (χ3v) is 9.26. The quantitative estimate of drug-likeness (QED) is 0.232. The summed E-state index contributed by atoms with van der Waals surface area (Å²) >= 11 is 0. The van der Waals surface area contributed by atoms with Gasteiger partial charge in [0.15, 0.2) is 12.3 Å². The summed E-state index contributed by atoms with van der Waals surface area (Å²) in [6.45, 7) is 0.541. The molecule has 4 unspecified atom stereocenters. The van der Waals surface area contributed by atoms with E-state index in [-0.39, 0.29) is 41.7 Å². The van der Waals surface area contributed by atoms with Crippen molar-refractivity contribution >= 4 is 22.4 Å². The minimum Gasteiger partial charge on any atom is -0.611 e. The maximum Gasteiger partial charge on any atom is 1.00 e. The predicted molar refractivity (Wildman–Crippen MR) is 160 cm³/mol. The normalized spacial score (nSPS) is 27.7. The van der Waals surface area contributed by atoms with Crippen LogP contribution in [0, 0.1) is 0 Å². The largest absolute Gasteiger partial charge is 1.00 e. The molecule has 0 amide bonds. The Balaban J connectivity index is 0.00000260. The van der Waals surface area contributed by atoms with Gasteiger partial charge in [-0.05, 0) is 23.5 Å². The van der Waals surface area contributed by atoms with E-state index in [0.29, 0.717) is 6.67 Å². The van der Waals surface area contributed by atoms with Gasteiger partial charge in [0.25, 0.3) is 0 Å². The fourth-order valence-corrected chi connectivity index (χ4v) is 7.34. The second-order valence-corrected chi connectivity index (χ2v) is 11.4. The Morgan fingerprint density at radius 3 is 1.47 bits per heavy atom. The Morgan fingerprint density at radius 2 is 0.977 bits per heavy atom. The predicted octanol–water partition coefficient (Wildman–Crippen LogP) is 5.01. The van der Waals surface area contributed by atoms with Crippen molar-refractivity contribution in [2.24, 2.45) is 27.0 Å². The van der Waals surface area contributed by atoms with Crippen LogP contribution < -0.4 is 11.0 Å². The van der Waals surface area contributed by atoms with Crippen molar-refractivity contribution < 1.29 is 17.1 Å². The van der Waals surface area contributed by atoms with Crippen LogP contribution in [0.2, 0.25) is 0 Å². The summed E-state index contributed by atoms with van der Waals surface area (Å²) in [6.07, 6.45) is -1.20. The van der Waals surface area contributed by atoms with Gasteiger partial charge in [-0.15, -0.1) is 0 Å². The maximum absolute atomic E-state index is 5.50. The smallest absolute Gasteiger partial charge is 0.611 e. The number of aromatic nitrogens is 1. The summed E-state index contributed by atoms with van der Waals surface area (Å²) in [5.41, 5.74) is 8.57. The van der Waals surface area contributed by atoms with Gasteiger partial charge in [0.1, 0.15) is 22.6 Å². The van der Waals surface area contributed by atoms with Gasteiger partial charge in [-0.2, -0.15) is 0 Å². The number of amidine groups is 2. The molecule has 4 atom stereocenters. The molecule has 9 heteroatoms.